The Labute approximate surface area is 84.7 Å². The van der Waals surface area contributed by atoms with Gasteiger partial charge in [0.1, 0.15) is 0 Å². The lowest BCUT2D eigenvalue weighted by Gasteiger charge is -2.49. The van der Waals surface area contributed by atoms with Crippen LogP contribution in [0.15, 0.2) is 0 Å². The molecule has 0 heterocycles. The molecule has 0 N–H and O–H groups in total. The van der Waals surface area contributed by atoms with E-state index >= 15 is 0 Å². The molecule has 1 heteroatoms. The first-order valence-corrected chi connectivity index (χ1v) is 5.55. The Morgan fingerprint density at radius 1 is 0.846 bits per heavy atom. The molecule has 0 saturated heterocycles. The van der Waals surface area contributed by atoms with E-state index in [2.05, 4.69) is 48.5 Å². The summed E-state index contributed by atoms with van der Waals surface area (Å²) < 4.78 is 1.20. The van der Waals surface area contributed by atoms with E-state index in [1.807, 2.05) is 0 Å². The molecule has 13 heavy (non-hydrogen) atoms. The van der Waals surface area contributed by atoms with E-state index in [-0.39, 0.29) is 0 Å². The van der Waals surface area contributed by atoms with Crippen molar-refractivity contribution in [2.75, 3.05) is 6.54 Å². The summed E-state index contributed by atoms with van der Waals surface area (Å²) in [5.41, 5.74) is 0. The zero-order valence-electron chi connectivity index (χ0n) is 10.3. The summed E-state index contributed by atoms with van der Waals surface area (Å²) in [6.45, 7) is 19.2. The van der Waals surface area contributed by atoms with E-state index in [0.29, 0.717) is 18.1 Å². The first-order valence-electron chi connectivity index (χ1n) is 5.55. The van der Waals surface area contributed by atoms with Crippen LogP contribution in [0.5, 0.6) is 0 Å². The molecular formula is C12H27N+. The SMILES string of the molecule is [CH2]CC[N+](C(C)C)(C(C)C)C(C)C. The molecule has 0 aliphatic rings. The van der Waals surface area contributed by atoms with Gasteiger partial charge in [-0.05, 0) is 54.9 Å². The van der Waals surface area contributed by atoms with E-state index in [9.17, 15) is 0 Å². The van der Waals surface area contributed by atoms with Crippen LogP contribution >= 0.6 is 0 Å². The van der Waals surface area contributed by atoms with E-state index < -0.39 is 0 Å². The second-order valence-corrected chi connectivity index (χ2v) is 4.85. The van der Waals surface area contributed by atoms with Crippen LogP contribution in [-0.4, -0.2) is 29.2 Å². The fraction of sp³-hybridized carbons (Fsp3) is 0.917. The van der Waals surface area contributed by atoms with Gasteiger partial charge in [-0.2, -0.15) is 0 Å². The van der Waals surface area contributed by atoms with Crippen molar-refractivity contribution in [3.63, 3.8) is 0 Å². The second kappa shape index (κ2) is 4.99. The smallest absolute Gasteiger partial charge is 0.0837 e. The van der Waals surface area contributed by atoms with Gasteiger partial charge in [-0.1, -0.05) is 0 Å². The Hall–Kier alpha value is -0.0400. The maximum atomic E-state index is 4.00. The van der Waals surface area contributed by atoms with E-state index in [1.165, 1.54) is 11.0 Å². The molecule has 0 unspecified atom stereocenters. The monoisotopic (exact) mass is 185 g/mol. The summed E-state index contributed by atoms with van der Waals surface area (Å²) in [5.74, 6) is 0. The molecule has 0 aromatic heterocycles. The van der Waals surface area contributed by atoms with Crippen LogP contribution in [0.25, 0.3) is 0 Å². The summed E-state index contributed by atoms with van der Waals surface area (Å²) in [6, 6.07) is 2.09. The first kappa shape index (κ1) is 13.0. The Balaban J connectivity index is 4.82. The number of quaternary nitrogens is 1. The molecule has 0 aliphatic heterocycles. The van der Waals surface area contributed by atoms with Gasteiger partial charge in [-0.15, -0.1) is 0 Å². The van der Waals surface area contributed by atoms with Crippen LogP contribution in [0.2, 0.25) is 0 Å². The number of hydrogen-bond acceptors (Lipinski definition) is 0. The Morgan fingerprint density at radius 2 is 1.15 bits per heavy atom. The van der Waals surface area contributed by atoms with Gasteiger partial charge in [-0.3, -0.25) is 0 Å². The van der Waals surface area contributed by atoms with Gasteiger partial charge in [0.25, 0.3) is 0 Å². The van der Waals surface area contributed by atoms with E-state index in [4.69, 9.17) is 0 Å². The standard InChI is InChI=1S/C12H27N/c1-8-9-13(10(2)3,11(4)5)12(6)7/h10-12H,1,8-9H2,2-7H3/q+1. The third-order valence-corrected chi connectivity index (χ3v) is 3.43. The van der Waals surface area contributed by atoms with Crippen LogP contribution in [0, 0.1) is 6.92 Å². The van der Waals surface area contributed by atoms with Crippen molar-refractivity contribution < 1.29 is 4.48 Å². The number of nitrogens with zero attached hydrogens (tertiary/aromatic N) is 1. The van der Waals surface area contributed by atoms with Crippen molar-refractivity contribution >= 4 is 0 Å². The molecule has 0 rings (SSSR count). The lowest BCUT2D eigenvalue weighted by atomic mass is 10.0. The Morgan fingerprint density at radius 3 is 1.23 bits per heavy atom. The minimum absolute atomic E-state index is 0.696. The highest BCUT2D eigenvalue weighted by Gasteiger charge is 2.36. The summed E-state index contributed by atoms with van der Waals surface area (Å²) in [7, 11) is 0. The molecule has 0 amide bonds. The lowest BCUT2D eigenvalue weighted by Crippen LogP contribution is -2.62. The van der Waals surface area contributed by atoms with Gasteiger partial charge in [0.05, 0.1) is 24.7 Å². The lowest BCUT2D eigenvalue weighted by molar-refractivity contribution is -0.984. The molecule has 0 aromatic rings. The summed E-state index contributed by atoms with van der Waals surface area (Å²) in [5, 5.41) is 0. The molecule has 0 aromatic carbocycles. The van der Waals surface area contributed by atoms with Crippen molar-refractivity contribution in [3.8, 4) is 0 Å². The molecule has 0 spiro atoms. The van der Waals surface area contributed by atoms with E-state index in [1.54, 1.807) is 0 Å². The highest BCUT2D eigenvalue weighted by molar-refractivity contribution is 4.59. The van der Waals surface area contributed by atoms with Crippen molar-refractivity contribution in [3.05, 3.63) is 6.92 Å². The fourth-order valence-corrected chi connectivity index (χ4v) is 2.84. The predicted molar refractivity (Wildman–Crippen MR) is 60.5 cm³/mol. The molecule has 0 fully saturated rings. The van der Waals surface area contributed by atoms with Gasteiger partial charge < -0.3 is 4.48 Å². The zero-order chi connectivity index (χ0) is 10.6. The molecule has 0 atom stereocenters. The van der Waals surface area contributed by atoms with Gasteiger partial charge in [0.2, 0.25) is 0 Å². The summed E-state index contributed by atoms with van der Waals surface area (Å²) in [6.07, 6.45) is 1.04. The zero-order valence-corrected chi connectivity index (χ0v) is 10.3. The largest absolute Gasteiger partial charge is 0.318 e. The van der Waals surface area contributed by atoms with Gasteiger partial charge in [0.15, 0.2) is 0 Å². The molecule has 0 bridgehead atoms. The molecule has 0 aliphatic carbocycles. The average molecular weight is 185 g/mol. The van der Waals surface area contributed by atoms with E-state index in [0.717, 1.165) is 6.42 Å². The Kier molecular flexibility index (Phi) is 4.98. The predicted octanol–water partition coefficient (Wildman–Crippen LogP) is 3.25. The average Bonchev–Trinajstić information content (AvgIpc) is 1.97. The van der Waals surface area contributed by atoms with Crippen molar-refractivity contribution in [1.29, 1.82) is 0 Å². The molecule has 1 radical (unpaired) electrons. The van der Waals surface area contributed by atoms with Gasteiger partial charge >= 0.3 is 0 Å². The van der Waals surface area contributed by atoms with Crippen molar-refractivity contribution in [2.24, 2.45) is 0 Å². The van der Waals surface area contributed by atoms with Crippen LogP contribution in [-0.2, 0) is 0 Å². The first-order chi connectivity index (χ1) is 5.89. The van der Waals surface area contributed by atoms with Crippen LogP contribution < -0.4 is 0 Å². The number of hydrogen-bond donors (Lipinski definition) is 0. The highest BCUT2D eigenvalue weighted by atomic mass is 15.4. The summed E-state index contributed by atoms with van der Waals surface area (Å²) >= 11 is 0. The van der Waals surface area contributed by atoms with Crippen molar-refractivity contribution in [1.82, 2.24) is 0 Å². The van der Waals surface area contributed by atoms with Crippen LogP contribution in [0.4, 0.5) is 0 Å². The van der Waals surface area contributed by atoms with Crippen LogP contribution in [0.3, 0.4) is 0 Å². The third kappa shape index (κ3) is 2.46. The molecule has 1 nitrogen and oxygen atoms in total. The maximum Gasteiger partial charge on any atom is 0.0837 e. The topological polar surface area (TPSA) is 0 Å². The second-order valence-electron chi connectivity index (χ2n) is 4.85. The minimum Gasteiger partial charge on any atom is -0.318 e. The minimum atomic E-state index is 0.696. The normalized spacial score (nSPS) is 13.4. The summed E-state index contributed by atoms with van der Waals surface area (Å²) in [4.78, 5) is 0. The maximum absolute atomic E-state index is 4.00. The highest BCUT2D eigenvalue weighted by Crippen LogP contribution is 2.24. The molecule has 79 valence electrons. The fourth-order valence-electron chi connectivity index (χ4n) is 2.84. The van der Waals surface area contributed by atoms with Crippen LogP contribution in [0.1, 0.15) is 48.0 Å². The third-order valence-electron chi connectivity index (χ3n) is 3.43. The van der Waals surface area contributed by atoms with Gasteiger partial charge in [0, 0.05) is 0 Å². The number of rotatable bonds is 5. The van der Waals surface area contributed by atoms with Crippen molar-refractivity contribution in [2.45, 2.75) is 66.1 Å². The van der Waals surface area contributed by atoms with Gasteiger partial charge in [-0.25, -0.2) is 0 Å². The quantitative estimate of drug-likeness (QED) is 0.577. The molecule has 0 saturated carbocycles. The molecular weight excluding hydrogens is 158 g/mol. The Bertz CT molecular complexity index is 114.